The zero-order chi connectivity index (χ0) is 14.0. The molecule has 3 nitrogen and oxygen atoms in total. The first-order chi connectivity index (χ1) is 8.93. The van der Waals surface area contributed by atoms with Crippen LogP contribution in [0.5, 0.6) is 0 Å². The van der Waals surface area contributed by atoms with Crippen LogP contribution < -0.4 is 10.2 Å². The zero-order valence-corrected chi connectivity index (χ0v) is 12.7. The van der Waals surface area contributed by atoms with Crippen molar-refractivity contribution in [1.29, 1.82) is 0 Å². The Balaban J connectivity index is 2.21. The number of piperidine rings is 1. The minimum Gasteiger partial charge on any atom is -0.388 e. The monoisotopic (exact) mass is 282 g/mol. The van der Waals surface area contributed by atoms with Gasteiger partial charge >= 0.3 is 0 Å². The standard InChI is InChI=1S/C15H23ClN2O/c1-11(17-3)12-5-6-14(13(16)9-12)18-8-4-7-15(2,19)10-18/h5-6,9,11,17,19H,4,7-8,10H2,1-3H3. The number of halogens is 1. The number of nitrogens with one attached hydrogen (secondary N) is 1. The van der Waals surface area contributed by atoms with Gasteiger partial charge in [-0.3, -0.25) is 0 Å². The Morgan fingerprint density at radius 1 is 1.47 bits per heavy atom. The van der Waals surface area contributed by atoms with Crippen molar-refractivity contribution in [2.45, 2.75) is 38.3 Å². The molecule has 0 spiro atoms. The average molecular weight is 283 g/mol. The van der Waals surface area contributed by atoms with Gasteiger partial charge in [-0.25, -0.2) is 0 Å². The molecule has 19 heavy (non-hydrogen) atoms. The molecule has 1 aliphatic rings. The zero-order valence-electron chi connectivity index (χ0n) is 11.9. The molecule has 2 unspecified atom stereocenters. The molecule has 1 aliphatic heterocycles. The SMILES string of the molecule is CNC(C)c1ccc(N2CCCC(C)(O)C2)c(Cl)c1. The van der Waals surface area contributed by atoms with Gasteiger partial charge in [0.25, 0.3) is 0 Å². The van der Waals surface area contributed by atoms with Crippen molar-refractivity contribution in [3.8, 4) is 0 Å². The van der Waals surface area contributed by atoms with E-state index in [1.807, 2.05) is 20.0 Å². The summed E-state index contributed by atoms with van der Waals surface area (Å²) in [6.45, 7) is 5.60. The minimum atomic E-state index is -0.613. The summed E-state index contributed by atoms with van der Waals surface area (Å²) in [4.78, 5) is 2.18. The molecular weight excluding hydrogens is 260 g/mol. The first kappa shape index (κ1) is 14.6. The fraction of sp³-hybridized carbons (Fsp3) is 0.600. The second-order valence-corrected chi connectivity index (χ2v) is 6.15. The van der Waals surface area contributed by atoms with Crippen LogP contribution in [-0.2, 0) is 0 Å². The maximum atomic E-state index is 10.2. The molecule has 0 aliphatic carbocycles. The third-order valence-corrected chi connectivity index (χ3v) is 4.22. The van der Waals surface area contributed by atoms with E-state index in [1.54, 1.807) is 0 Å². The van der Waals surface area contributed by atoms with Crippen molar-refractivity contribution in [2.75, 3.05) is 25.0 Å². The molecule has 0 radical (unpaired) electrons. The van der Waals surface area contributed by atoms with Gasteiger partial charge in [0, 0.05) is 19.1 Å². The van der Waals surface area contributed by atoms with Crippen molar-refractivity contribution < 1.29 is 5.11 Å². The van der Waals surface area contributed by atoms with E-state index in [9.17, 15) is 5.11 Å². The number of anilines is 1. The van der Waals surface area contributed by atoms with E-state index in [2.05, 4.69) is 29.3 Å². The highest BCUT2D eigenvalue weighted by atomic mass is 35.5. The van der Waals surface area contributed by atoms with Crippen LogP contribution in [0.3, 0.4) is 0 Å². The number of hydrogen-bond donors (Lipinski definition) is 2. The summed E-state index contributed by atoms with van der Waals surface area (Å²) < 4.78 is 0. The molecule has 0 saturated carbocycles. The molecule has 4 heteroatoms. The van der Waals surface area contributed by atoms with Crippen molar-refractivity contribution >= 4 is 17.3 Å². The fourth-order valence-corrected chi connectivity index (χ4v) is 2.95. The average Bonchev–Trinajstić information content (AvgIpc) is 2.36. The molecule has 1 fully saturated rings. The van der Waals surface area contributed by atoms with Gasteiger partial charge in [0.05, 0.1) is 16.3 Å². The highest BCUT2D eigenvalue weighted by molar-refractivity contribution is 6.33. The summed E-state index contributed by atoms with van der Waals surface area (Å²) in [5.41, 5.74) is 1.59. The number of rotatable bonds is 3. The topological polar surface area (TPSA) is 35.5 Å². The minimum absolute atomic E-state index is 0.288. The van der Waals surface area contributed by atoms with Crippen LogP contribution in [0.15, 0.2) is 18.2 Å². The highest BCUT2D eigenvalue weighted by Gasteiger charge is 2.29. The third kappa shape index (κ3) is 3.41. The van der Waals surface area contributed by atoms with Gasteiger partial charge in [-0.2, -0.15) is 0 Å². The maximum Gasteiger partial charge on any atom is 0.0794 e. The maximum absolute atomic E-state index is 10.2. The van der Waals surface area contributed by atoms with E-state index >= 15 is 0 Å². The number of β-amino-alcohol motifs (C(OH)–C–C–N with tert-alkyl or cyclic N) is 1. The number of hydrogen-bond acceptors (Lipinski definition) is 3. The Morgan fingerprint density at radius 3 is 2.79 bits per heavy atom. The number of benzene rings is 1. The molecule has 106 valence electrons. The molecule has 0 bridgehead atoms. The van der Waals surface area contributed by atoms with Gasteiger partial charge in [-0.15, -0.1) is 0 Å². The molecule has 1 saturated heterocycles. The van der Waals surface area contributed by atoms with Crippen LogP contribution in [0.25, 0.3) is 0 Å². The predicted octanol–water partition coefficient (Wildman–Crippen LogP) is 2.97. The normalized spacial score (nSPS) is 25.4. The molecule has 0 amide bonds. The Labute approximate surface area is 120 Å². The number of aliphatic hydroxyl groups is 1. The Kier molecular flexibility index (Phi) is 4.39. The second kappa shape index (κ2) is 5.70. The molecule has 1 heterocycles. The van der Waals surface area contributed by atoms with Crippen LogP contribution in [0.2, 0.25) is 5.02 Å². The summed E-state index contributed by atoms with van der Waals surface area (Å²) in [5, 5.41) is 14.2. The molecule has 1 aromatic rings. The summed E-state index contributed by atoms with van der Waals surface area (Å²) in [6.07, 6.45) is 1.86. The van der Waals surface area contributed by atoms with Crippen LogP contribution in [0.1, 0.15) is 38.3 Å². The van der Waals surface area contributed by atoms with Crippen LogP contribution in [0.4, 0.5) is 5.69 Å². The van der Waals surface area contributed by atoms with Crippen LogP contribution in [-0.4, -0.2) is 30.8 Å². The lowest BCUT2D eigenvalue weighted by molar-refractivity contribution is 0.0449. The molecule has 2 N–H and O–H groups in total. The van der Waals surface area contributed by atoms with Gasteiger partial charge in [-0.1, -0.05) is 17.7 Å². The van der Waals surface area contributed by atoms with Gasteiger partial charge < -0.3 is 15.3 Å². The van der Waals surface area contributed by atoms with E-state index in [0.717, 1.165) is 30.1 Å². The summed E-state index contributed by atoms with van der Waals surface area (Å²) in [6, 6.07) is 6.47. The quantitative estimate of drug-likeness (QED) is 0.895. The summed E-state index contributed by atoms with van der Waals surface area (Å²) >= 11 is 6.41. The molecule has 1 aromatic carbocycles. The smallest absolute Gasteiger partial charge is 0.0794 e. The lowest BCUT2D eigenvalue weighted by atomic mass is 9.94. The van der Waals surface area contributed by atoms with Crippen LogP contribution >= 0.6 is 11.6 Å². The Morgan fingerprint density at radius 2 is 2.21 bits per heavy atom. The Bertz CT molecular complexity index is 448. The van der Waals surface area contributed by atoms with Crippen molar-refractivity contribution in [3.05, 3.63) is 28.8 Å². The number of nitrogens with zero attached hydrogens (tertiary/aromatic N) is 1. The summed E-state index contributed by atoms with van der Waals surface area (Å²) in [7, 11) is 1.94. The third-order valence-electron chi connectivity index (χ3n) is 3.92. The van der Waals surface area contributed by atoms with Crippen molar-refractivity contribution in [3.63, 3.8) is 0 Å². The molecule has 0 aromatic heterocycles. The van der Waals surface area contributed by atoms with E-state index in [4.69, 9.17) is 11.6 Å². The highest BCUT2D eigenvalue weighted by Crippen LogP contribution is 2.32. The van der Waals surface area contributed by atoms with Gasteiger partial charge in [0.1, 0.15) is 0 Å². The lowest BCUT2D eigenvalue weighted by Crippen LogP contribution is -2.46. The second-order valence-electron chi connectivity index (χ2n) is 5.74. The summed E-state index contributed by atoms with van der Waals surface area (Å²) in [5.74, 6) is 0. The van der Waals surface area contributed by atoms with E-state index in [-0.39, 0.29) is 6.04 Å². The van der Waals surface area contributed by atoms with E-state index in [1.165, 1.54) is 5.56 Å². The first-order valence-corrected chi connectivity index (χ1v) is 7.25. The largest absolute Gasteiger partial charge is 0.388 e. The molecule has 2 rings (SSSR count). The molecule has 2 atom stereocenters. The van der Waals surface area contributed by atoms with E-state index in [0.29, 0.717) is 6.54 Å². The van der Waals surface area contributed by atoms with Gasteiger partial charge in [0.2, 0.25) is 0 Å². The van der Waals surface area contributed by atoms with Crippen molar-refractivity contribution in [1.82, 2.24) is 5.32 Å². The lowest BCUT2D eigenvalue weighted by Gasteiger charge is -2.38. The van der Waals surface area contributed by atoms with Crippen molar-refractivity contribution in [2.24, 2.45) is 0 Å². The van der Waals surface area contributed by atoms with Crippen LogP contribution in [0, 0.1) is 0 Å². The van der Waals surface area contributed by atoms with Gasteiger partial charge in [0.15, 0.2) is 0 Å². The molecular formula is C15H23ClN2O. The fourth-order valence-electron chi connectivity index (χ4n) is 2.64. The predicted molar refractivity (Wildman–Crippen MR) is 81.0 cm³/mol. The first-order valence-electron chi connectivity index (χ1n) is 6.87. The Hall–Kier alpha value is -0.770. The van der Waals surface area contributed by atoms with E-state index < -0.39 is 5.60 Å². The van der Waals surface area contributed by atoms with Gasteiger partial charge in [-0.05, 0) is 51.4 Å².